The lowest BCUT2D eigenvalue weighted by molar-refractivity contribution is -0.137. The van der Waals surface area contributed by atoms with Crippen LogP contribution >= 0.6 is 0 Å². The first-order valence-corrected chi connectivity index (χ1v) is 10.0. The molecule has 0 bridgehead atoms. The molecule has 0 unspecified atom stereocenters. The maximum absolute atomic E-state index is 13.6. The maximum Gasteiger partial charge on any atom is 0.417 e. The molecule has 1 aromatic carbocycles. The number of pyridine rings is 1. The summed E-state index contributed by atoms with van der Waals surface area (Å²) < 4.78 is 45.9. The Balaban J connectivity index is 2.13. The van der Waals surface area contributed by atoms with Crippen LogP contribution < -0.4 is 5.32 Å². The highest BCUT2D eigenvalue weighted by Crippen LogP contribution is 2.37. The van der Waals surface area contributed by atoms with E-state index >= 15 is 0 Å². The highest BCUT2D eigenvalue weighted by Gasteiger charge is 2.34. The van der Waals surface area contributed by atoms with Crippen LogP contribution in [0.5, 0.6) is 0 Å². The molecule has 0 radical (unpaired) electrons. The number of carbonyl (C=O) groups is 2. The number of aryl methyl sites for hydroxylation is 1. The van der Waals surface area contributed by atoms with Crippen LogP contribution in [0.25, 0.3) is 22.4 Å². The summed E-state index contributed by atoms with van der Waals surface area (Å²) in [6.45, 7) is 6.93. The number of likely N-dealkylation sites (N-methyl/N-ethyl adjacent to an activating group) is 1. The number of fused-ring (bicyclic) bond motifs is 1. The standard InChI is InChI=1S/C22H23F3N4O3/c1-5-29(11-18(30)26-12(2)3)21(31)15-10-17(27-20-19(15)13(4)28-32-20)14-8-6-7-9-16(14)22(23,24)25/h6-10,12H,5,11H2,1-4H3,(H,26,30). The van der Waals surface area contributed by atoms with Crippen molar-refractivity contribution in [3.05, 3.63) is 47.2 Å². The fraction of sp³-hybridized carbons (Fsp3) is 0.364. The number of aromatic nitrogens is 2. The van der Waals surface area contributed by atoms with E-state index in [-0.39, 0.29) is 47.6 Å². The summed E-state index contributed by atoms with van der Waals surface area (Å²) in [7, 11) is 0. The lowest BCUT2D eigenvalue weighted by atomic mass is 10.0. The molecule has 2 heterocycles. The Kier molecular flexibility index (Phi) is 6.52. The van der Waals surface area contributed by atoms with Gasteiger partial charge in [0.05, 0.1) is 34.4 Å². The third-order valence-corrected chi connectivity index (χ3v) is 4.81. The van der Waals surface area contributed by atoms with Gasteiger partial charge in [-0.25, -0.2) is 4.98 Å². The van der Waals surface area contributed by atoms with Gasteiger partial charge < -0.3 is 14.7 Å². The molecule has 3 rings (SSSR count). The van der Waals surface area contributed by atoms with Crippen molar-refractivity contribution in [3.8, 4) is 11.3 Å². The number of carbonyl (C=O) groups excluding carboxylic acids is 2. The second-order valence-electron chi connectivity index (χ2n) is 7.59. The van der Waals surface area contributed by atoms with Crippen molar-refractivity contribution in [2.75, 3.05) is 13.1 Å². The average molecular weight is 448 g/mol. The van der Waals surface area contributed by atoms with Gasteiger partial charge >= 0.3 is 6.18 Å². The molecule has 0 atom stereocenters. The van der Waals surface area contributed by atoms with E-state index in [9.17, 15) is 22.8 Å². The van der Waals surface area contributed by atoms with Gasteiger partial charge in [-0.05, 0) is 39.8 Å². The molecule has 10 heteroatoms. The van der Waals surface area contributed by atoms with Crippen LogP contribution in [0.4, 0.5) is 13.2 Å². The van der Waals surface area contributed by atoms with Crippen molar-refractivity contribution in [3.63, 3.8) is 0 Å². The zero-order valence-electron chi connectivity index (χ0n) is 18.1. The van der Waals surface area contributed by atoms with E-state index in [2.05, 4.69) is 15.5 Å². The van der Waals surface area contributed by atoms with Crippen LogP contribution in [0.3, 0.4) is 0 Å². The van der Waals surface area contributed by atoms with Gasteiger partial charge in [0.25, 0.3) is 11.6 Å². The van der Waals surface area contributed by atoms with Crippen LogP contribution in [0.1, 0.15) is 42.4 Å². The van der Waals surface area contributed by atoms with Crippen molar-refractivity contribution in [1.82, 2.24) is 20.4 Å². The number of benzene rings is 1. The first-order chi connectivity index (χ1) is 15.0. The number of alkyl halides is 3. The van der Waals surface area contributed by atoms with Crippen molar-refractivity contribution in [2.24, 2.45) is 0 Å². The lowest BCUT2D eigenvalue weighted by Gasteiger charge is -2.22. The summed E-state index contributed by atoms with van der Waals surface area (Å²) in [5, 5.41) is 6.84. The van der Waals surface area contributed by atoms with Crippen LogP contribution in [0.2, 0.25) is 0 Å². The Bertz CT molecular complexity index is 1160. The normalized spacial score (nSPS) is 11.8. The molecule has 1 N–H and O–H groups in total. The average Bonchev–Trinajstić information content (AvgIpc) is 3.10. The molecule has 170 valence electrons. The van der Waals surface area contributed by atoms with Crippen molar-refractivity contribution in [1.29, 1.82) is 0 Å². The molecule has 0 fully saturated rings. The molecule has 0 spiro atoms. The van der Waals surface area contributed by atoms with E-state index < -0.39 is 17.6 Å². The smallest absolute Gasteiger partial charge is 0.352 e. The molecule has 2 aromatic heterocycles. The molecule has 2 amide bonds. The quantitative estimate of drug-likeness (QED) is 0.611. The summed E-state index contributed by atoms with van der Waals surface area (Å²) in [4.78, 5) is 31.1. The highest BCUT2D eigenvalue weighted by molar-refractivity contribution is 6.07. The number of halogens is 3. The molecule has 0 aliphatic carbocycles. The fourth-order valence-electron chi connectivity index (χ4n) is 3.39. The van der Waals surface area contributed by atoms with E-state index in [1.54, 1.807) is 27.7 Å². The molecule has 3 aromatic rings. The van der Waals surface area contributed by atoms with E-state index in [0.717, 1.165) is 6.07 Å². The molecule has 7 nitrogen and oxygen atoms in total. The van der Waals surface area contributed by atoms with Gasteiger partial charge in [-0.3, -0.25) is 9.59 Å². The Morgan fingerprint density at radius 1 is 1.22 bits per heavy atom. The van der Waals surface area contributed by atoms with Gasteiger partial charge in [0, 0.05) is 18.2 Å². The van der Waals surface area contributed by atoms with Gasteiger partial charge in [-0.1, -0.05) is 23.4 Å². The molecule has 0 saturated heterocycles. The number of amides is 2. The number of hydrogen-bond donors (Lipinski definition) is 1. The zero-order chi connectivity index (χ0) is 23.6. The molecule has 0 saturated carbocycles. The predicted octanol–water partition coefficient (Wildman–Crippen LogP) is 4.20. The SMILES string of the molecule is CCN(CC(=O)NC(C)C)C(=O)c1cc(-c2ccccc2C(F)(F)F)nc2onc(C)c12. The summed E-state index contributed by atoms with van der Waals surface area (Å²) >= 11 is 0. The van der Waals surface area contributed by atoms with Gasteiger partial charge in [0.2, 0.25) is 5.91 Å². The summed E-state index contributed by atoms with van der Waals surface area (Å²) in [5.74, 6) is -0.874. The second kappa shape index (κ2) is 8.97. The minimum Gasteiger partial charge on any atom is -0.352 e. The Hall–Kier alpha value is -3.43. The first-order valence-electron chi connectivity index (χ1n) is 10.0. The third-order valence-electron chi connectivity index (χ3n) is 4.81. The van der Waals surface area contributed by atoms with Gasteiger partial charge in [0.1, 0.15) is 0 Å². The number of nitrogens with one attached hydrogen (secondary N) is 1. The van der Waals surface area contributed by atoms with Gasteiger partial charge in [0.15, 0.2) is 0 Å². The second-order valence-corrected chi connectivity index (χ2v) is 7.59. The van der Waals surface area contributed by atoms with E-state index in [1.165, 1.54) is 29.2 Å². The van der Waals surface area contributed by atoms with E-state index in [0.29, 0.717) is 11.1 Å². The third kappa shape index (κ3) is 4.74. The molecule has 0 aliphatic heterocycles. The van der Waals surface area contributed by atoms with Crippen LogP contribution in [0, 0.1) is 6.92 Å². The van der Waals surface area contributed by atoms with E-state index in [4.69, 9.17) is 4.52 Å². The Morgan fingerprint density at radius 2 is 1.91 bits per heavy atom. The van der Waals surface area contributed by atoms with Crippen molar-refractivity contribution < 1.29 is 27.3 Å². The highest BCUT2D eigenvalue weighted by atomic mass is 19.4. The molecule has 0 aliphatic rings. The molecular weight excluding hydrogens is 425 g/mol. The lowest BCUT2D eigenvalue weighted by Crippen LogP contribution is -2.42. The fourth-order valence-corrected chi connectivity index (χ4v) is 3.39. The summed E-state index contributed by atoms with van der Waals surface area (Å²) in [6, 6.07) is 6.16. The first kappa shape index (κ1) is 23.2. The monoisotopic (exact) mass is 448 g/mol. The number of hydrogen-bond acceptors (Lipinski definition) is 5. The summed E-state index contributed by atoms with van der Waals surface area (Å²) in [6.07, 6.45) is -4.61. The van der Waals surface area contributed by atoms with E-state index in [1.807, 2.05) is 0 Å². The Morgan fingerprint density at radius 3 is 2.53 bits per heavy atom. The number of nitrogens with zero attached hydrogens (tertiary/aromatic N) is 3. The van der Waals surface area contributed by atoms with Crippen molar-refractivity contribution in [2.45, 2.75) is 39.9 Å². The minimum absolute atomic E-state index is 0.0528. The molecule has 32 heavy (non-hydrogen) atoms. The summed E-state index contributed by atoms with van der Waals surface area (Å²) in [5.41, 5.74) is -0.763. The Labute approximate surface area is 182 Å². The largest absolute Gasteiger partial charge is 0.417 e. The van der Waals surface area contributed by atoms with Crippen molar-refractivity contribution >= 4 is 22.9 Å². The van der Waals surface area contributed by atoms with Gasteiger partial charge in [-0.2, -0.15) is 13.2 Å². The minimum atomic E-state index is -4.61. The van der Waals surface area contributed by atoms with Crippen LogP contribution in [-0.2, 0) is 11.0 Å². The van der Waals surface area contributed by atoms with Gasteiger partial charge in [-0.15, -0.1) is 0 Å². The zero-order valence-corrected chi connectivity index (χ0v) is 18.1. The number of rotatable bonds is 6. The maximum atomic E-state index is 13.6. The van der Waals surface area contributed by atoms with Crippen LogP contribution in [0.15, 0.2) is 34.9 Å². The molecular formula is C22H23F3N4O3. The topological polar surface area (TPSA) is 88.3 Å². The van der Waals surface area contributed by atoms with Crippen LogP contribution in [-0.4, -0.2) is 46.0 Å². The predicted molar refractivity (Wildman–Crippen MR) is 112 cm³/mol.